The summed E-state index contributed by atoms with van der Waals surface area (Å²) in [6, 6.07) is 11.3. The Balaban J connectivity index is 2.45. The fourth-order valence-electron chi connectivity index (χ4n) is 2.60. The van der Waals surface area contributed by atoms with Gasteiger partial charge < -0.3 is 5.21 Å². The zero-order valence-electron chi connectivity index (χ0n) is 13.8. The minimum Gasteiger partial charge on any atom is -0.426 e. The summed E-state index contributed by atoms with van der Waals surface area (Å²) < 4.78 is 1.95. The van der Waals surface area contributed by atoms with Gasteiger partial charge in [-0.3, -0.25) is 14.2 Å². The molecule has 0 fully saturated rings. The van der Waals surface area contributed by atoms with E-state index < -0.39 is 11.5 Å². The number of benzene rings is 2. The van der Waals surface area contributed by atoms with E-state index >= 15 is 0 Å². The molecule has 0 aliphatic carbocycles. The lowest BCUT2D eigenvalue weighted by Gasteiger charge is -2.13. The molecule has 8 heteroatoms. The quantitative estimate of drug-likeness (QED) is 0.693. The smallest absolute Gasteiger partial charge is 0.302 e. The van der Waals surface area contributed by atoms with E-state index in [0.717, 1.165) is 0 Å². The molecule has 26 heavy (non-hydrogen) atoms. The molecule has 0 saturated carbocycles. The molecule has 1 N–H and O–H groups in total. The Morgan fingerprint density at radius 3 is 2.38 bits per heavy atom. The van der Waals surface area contributed by atoms with E-state index in [1.54, 1.807) is 36.4 Å². The number of carbonyl (C=O) groups excluding carboxylic acids is 1. The lowest BCUT2D eigenvalue weighted by molar-refractivity contribution is -0.118. The number of rotatable bonds is 3. The highest BCUT2D eigenvalue weighted by Crippen LogP contribution is 2.20. The summed E-state index contributed by atoms with van der Waals surface area (Å²) in [6.07, 6.45) is 0.756. The molecule has 0 saturated heterocycles. The molecule has 3 aromatic rings. The van der Waals surface area contributed by atoms with Crippen LogP contribution in [0.2, 0.25) is 10.0 Å². The minimum absolute atomic E-state index is 0.175. The van der Waals surface area contributed by atoms with Crippen molar-refractivity contribution in [2.75, 3.05) is 0 Å². The van der Waals surface area contributed by atoms with Crippen LogP contribution in [0.4, 0.5) is 0 Å². The Hall–Kier alpha value is -2.57. The first-order chi connectivity index (χ1) is 12.4. The molecule has 1 heterocycles. The molecule has 6 nitrogen and oxygen atoms in total. The fraction of sp³-hybridized carbons (Fsp3) is 0.167. The number of hydrogen-bond donors (Lipinski definition) is 1. The van der Waals surface area contributed by atoms with Crippen molar-refractivity contribution in [3.05, 3.63) is 68.4 Å². The number of fused-ring (bicyclic) bond motifs is 1. The van der Waals surface area contributed by atoms with Gasteiger partial charge in [-0.2, -0.15) is 9.72 Å². The summed E-state index contributed by atoms with van der Waals surface area (Å²) in [5.74, 6) is -0.489. The Kier molecular flexibility index (Phi) is 5.15. The van der Waals surface area contributed by atoms with Crippen molar-refractivity contribution >= 4 is 40.1 Å². The Labute approximate surface area is 158 Å². The topological polar surface area (TPSA) is 76.6 Å². The summed E-state index contributed by atoms with van der Waals surface area (Å²) in [5.41, 5.74) is 0.162. The van der Waals surface area contributed by atoms with Gasteiger partial charge in [-0.15, -0.1) is 0 Å². The van der Waals surface area contributed by atoms with Gasteiger partial charge in [0.25, 0.3) is 0 Å². The number of hydrogen-bond acceptors (Lipinski definition) is 3. The minimum atomic E-state index is -0.630. The normalized spacial score (nSPS) is 11.9. The van der Waals surface area contributed by atoms with Crippen molar-refractivity contribution in [1.82, 2.24) is 9.30 Å². The fourth-order valence-corrected chi connectivity index (χ4v) is 2.89. The van der Waals surface area contributed by atoms with Gasteiger partial charge in [0.1, 0.15) is 5.52 Å². The van der Waals surface area contributed by atoms with E-state index in [9.17, 15) is 14.8 Å². The molecule has 134 valence electrons. The number of carbonyl (C=O) groups is 1. The second-order valence-corrected chi connectivity index (χ2v) is 6.51. The van der Waals surface area contributed by atoms with E-state index in [1.165, 1.54) is 10.6 Å². The van der Waals surface area contributed by atoms with Crippen molar-refractivity contribution in [3.8, 4) is 5.69 Å². The van der Waals surface area contributed by atoms with Gasteiger partial charge in [0.05, 0.1) is 5.52 Å². The van der Waals surface area contributed by atoms with E-state index in [0.29, 0.717) is 32.4 Å². The average molecular weight is 392 g/mol. The molecule has 0 radical (unpaired) electrons. The van der Waals surface area contributed by atoms with Gasteiger partial charge in [0, 0.05) is 22.2 Å². The summed E-state index contributed by atoms with van der Waals surface area (Å²) in [5, 5.41) is 11.4. The molecule has 0 spiro atoms. The third kappa shape index (κ3) is 3.38. The Bertz CT molecular complexity index is 1120. The largest absolute Gasteiger partial charge is 0.426 e. The van der Waals surface area contributed by atoms with Gasteiger partial charge >= 0.3 is 5.56 Å². The summed E-state index contributed by atoms with van der Waals surface area (Å²) in [7, 11) is 0. The molecule has 0 aliphatic heterocycles. The average Bonchev–Trinajstić information content (AvgIpc) is 2.61. The molecule has 2 aromatic carbocycles. The maximum absolute atomic E-state index is 13.0. The second-order valence-electron chi connectivity index (χ2n) is 5.64. The van der Waals surface area contributed by atoms with Gasteiger partial charge in [-0.05, 0) is 48.9 Å². The molecule has 0 aliphatic rings. The lowest BCUT2D eigenvalue weighted by Crippen LogP contribution is -2.42. The number of amides is 1. The monoisotopic (exact) mass is 391 g/mol. The molecular weight excluding hydrogens is 377 g/mol. The van der Waals surface area contributed by atoms with Crippen LogP contribution < -0.4 is 11.0 Å². The first-order valence-electron chi connectivity index (χ1n) is 7.92. The maximum Gasteiger partial charge on any atom is 0.302 e. The first kappa shape index (κ1) is 18.2. The van der Waals surface area contributed by atoms with Crippen LogP contribution in [-0.4, -0.2) is 20.4 Å². The highest BCUT2D eigenvalue weighted by molar-refractivity contribution is 6.31. The van der Waals surface area contributed by atoms with Crippen LogP contribution in [0.25, 0.3) is 16.7 Å². The third-order valence-electron chi connectivity index (χ3n) is 3.78. The molecule has 1 amide bonds. The Morgan fingerprint density at radius 2 is 1.73 bits per heavy atom. The highest BCUT2D eigenvalue weighted by Gasteiger charge is 2.14. The van der Waals surface area contributed by atoms with Crippen LogP contribution in [0.1, 0.15) is 19.8 Å². The molecule has 0 unspecified atom stereocenters. The van der Waals surface area contributed by atoms with E-state index in [1.807, 2.05) is 6.92 Å². The first-order valence-corrected chi connectivity index (χ1v) is 8.68. The van der Waals surface area contributed by atoms with Crippen molar-refractivity contribution < 1.29 is 10.0 Å². The predicted octanol–water partition coefficient (Wildman–Crippen LogP) is 3.56. The van der Waals surface area contributed by atoms with Crippen LogP contribution >= 0.6 is 23.2 Å². The van der Waals surface area contributed by atoms with Crippen LogP contribution in [0.15, 0.2) is 52.3 Å². The van der Waals surface area contributed by atoms with Gasteiger partial charge in [0.2, 0.25) is 11.4 Å². The van der Waals surface area contributed by atoms with Gasteiger partial charge in [0.15, 0.2) is 0 Å². The third-order valence-corrected chi connectivity index (χ3v) is 4.27. The van der Waals surface area contributed by atoms with Crippen molar-refractivity contribution in [3.63, 3.8) is 0 Å². The molecule has 0 atom stereocenters. The van der Waals surface area contributed by atoms with E-state index in [-0.39, 0.29) is 17.4 Å². The number of aromatic nitrogens is 2. The van der Waals surface area contributed by atoms with Crippen molar-refractivity contribution in [1.29, 1.82) is 0 Å². The summed E-state index contributed by atoms with van der Waals surface area (Å²) in [6.45, 7) is 1.83. The van der Waals surface area contributed by atoms with E-state index in [4.69, 9.17) is 23.2 Å². The van der Waals surface area contributed by atoms with Crippen molar-refractivity contribution in [2.45, 2.75) is 19.8 Å². The lowest BCUT2D eigenvalue weighted by atomic mass is 10.2. The van der Waals surface area contributed by atoms with Crippen LogP contribution in [0.5, 0.6) is 0 Å². The second kappa shape index (κ2) is 7.35. The predicted molar refractivity (Wildman–Crippen MR) is 100 cm³/mol. The van der Waals surface area contributed by atoms with Crippen LogP contribution in [0, 0.1) is 0 Å². The van der Waals surface area contributed by atoms with Crippen molar-refractivity contribution in [2.24, 2.45) is 4.99 Å². The molecular formula is C18H15Cl2N3O3. The van der Waals surface area contributed by atoms with Crippen LogP contribution in [-0.2, 0) is 4.79 Å². The SMILES string of the molecule is CCCC(=O)N=c1c(=O)n(-c2ccc(Cl)cc2)c2ccc(Cl)cc2n1O. The molecule has 3 rings (SSSR count). The zero-order valence-corrected chi connectivity index (χ0v) is 15.3. The Morgan fingerprint density at radius 1 is 1.08 bits per heavy atom. The van der Waals surface area contributed by atoms with E-state index in [2.05, 4.69) is 4.99 Å². The standard InChI is InChI=1S/C18H15Cl2N3O3/c1-2-3-16(24)21-17-18(25)22(13-7-4-11(19)5-8-13)14-9-6-12(20)10-15(14)23(17)26/h4-10,26H,2-3H2,1H3. The van der Waals surface area contributed by atoms with Gasteiger partial charge in [-0.25, -0.2) is 0 Å². The maximum atomic E-state index is 13.0. The molecule has 0 bridgehead atoms. The number of halogens is 2. The summed E-state index contributed by atoms with van der Waals surface area (Å²) in [4.78, 5) is 28.7. The van der Waals surface area contributed by atoms with Gasteiger partial charge in [-0.1, -0.05) is 30.1 Å². The summed E-state index contributed by atoms with van der Waals surface area (Å²) >= 11 is 12.0. The highest BCUT2D eigenvalue weighted by atomic mass is 35.5. The number of nitrogens with zero attached hydrogens (tertiary/aromatic N) is 3. The zero-order chi connectivity index (χ0) is 18.8. The van der Waals surface area contributed by atoms with Crippen LogP contribution in [0.3, 0.4) is 0 Å². The molecule has 1 aromatic heterocycles.